The zero-order chi connectivity index (χ0) is 20.2. The number of nitrogens with zero attached hydrogens (tertiary/aromatic N) is 5. The van der Waals surface area contributed by atoms with Gasteiger partial charge >= 0.3 is 5.97 Å². The molecular formula is C20H22N6O3. The minimum absolute atomic E-state index is 0.0356. The van der Waals surface area contributed by atoms with E-state index in [0.29, 0.717) is 38.6 Å². The summed E-state index contributed by atoms with van der Waals surface area (Å²) in [6, 6.07) is 2.38. The Kier molecular flexibility index (Phi) is 3.98. The molecule has 0 radical (unpaired) electrons. The number of fused-ring (bicyclic) bond motifs is 1. The lowest BCUT2D eigenvalue weighted by molar-refractivity contribution is -0.144. The van der Waals surface area contributed by atoms with E-state index >= 15 is 0 Å². The highest BCUT2D eigenvalue weighted by Gasteiger charge is 2.51. The zero-order valence-electron chi connectivity index (χ0n) is 16.1. The summed E-state index contributed by atoms with van der Waals surface area (Å²) >= 11 is 0. The van der Waals surface area contributed by atoms with Crippen molar-refractivity contribution in [3.8, 4) is 6.07 Å². The predicted octanol–water partition coefficient (Wildman–Crippen LogP) is 2.52. The third-order valence-electron chi connectivity index (χ3n) is 6.37. The Morgan fingerprint density at radius 1 is 1.45 bits per heavy atom. The lowest BCUT2D eigenvalue weighted by atomic mass is 9.69. The molecule has 2 fully saturated rings. The number of carboxylic acids is 1. The van der Waals surface area contributed by atoms with Crippen LogP contribution in [-0.2, 0) is 16.2 Å². The molecular weight excluding hydrogens is 372 g/mol. The zero-order valence-corrected chi connectivity index (χ0v) is 16.1. The van der Waals surface area contributed by atoms with Crippen molar-refractivity contribution < 1.29 is 14.7 Å². The van der Waals surface area contributed by atoms with Crippen molar-refractivity contribution in [2.24, 2.45) is 17.0 Å². The van der Waals surface area contributed by atoms with Crippen LogP contribution < -0.4 is 5.32 Å². The van der Waals surface area contributed by atoms with Crippen LogP contribution in [0.1, 0.15) is 44.6 Å². The van der Waals surface area contributed by atoms with Crippen molar-refractivity contribution in [2.75, 3.05) is 5.32 Å². The van der Waals surface area contributed by atoms with Crippen LogP contribution >= 0.6 is 0 Å². The summed E-state index contributed by atoms with van der Waals surface area (Å²) in [5.74, 6) is -0.997. The standard InChI is InChI=1S/C20H22N6O3/c1-2-26-18-15(10-23-26)17(24-13-3-12(4-13)19(27)28)14(9-22-18)16-7-20(29-25-16)5-11(6-20)8-21/h9-13H,2-7H2,1H3,(H,22,24)(H,27,28). The van der Waals surface area contributed by atoms with Gasteiger partial charge in [0.1, 0.15) is 5.60 Å². The number of hydrogen-bond donors (Lipinski definition) is 2. The van der Waals surface area contributed by atoms with E-state index in [4.69, 9.17) is 10.1 Å². The average molecular weight is 394 g/mol. The van der Waals surface area contributed by atoms with Gasteiger partial charge in [-0.15, -0.1) is 0 Å². The Labute approximate surface area is 167 Å². The fourth-order valence-corrected chi connectivity index (χ4v) is 4.59. The number of oxime groups is 1. The minimum atomic E-state index is -0.741. The number of hydrogen-bond acceptors (Lipinski definition) is 7. The molecule has 0 unspecified atom stereocenters. The molecule has 0 bridgehead atoms. The van der Waals surface area contributed by atoms with Crippen LogP contribution in [0.4, 0.5) is 5.69 Å². The first kappa shape index (κ1) is 17.9. The Morgan fingerprint density at radius 3 is 2.93 bits per heavy atom. The van der Waals surface area contributed by atoms with Gasteiger partial charge in [-0.3, -0.25) is 4.79 Å². The predicted molar refractivity (Wildman–Crippen MR) is 104 cm³/mol. The fraction of sp³-hybridized carbons (Fsp3) is 0.550. The third kappa shape index (κ3) is 2.82. The summed E-state index contributed by atoms with van der Waals surface area (Å²) in [6.45, 7) is 2.72. The van der Waals surface area contributed by atoms with Crippen molar-refractivity contribution in [3.05, 3.63) is 18.0 Å². The molecule has 2 N–H and O–H groups in total. The van der Waals surface area contributed by atoms with Crippen LogP contribution in [0.15, 0.2) is 17.5 Å². The molecule has 0 amide bonds. The molecule has 9 nitrogen and oxygen atoms in total. The topological polar surface area (TPSA) is 125 Å². The molecule has 0 aromatic carbocycles. The molecule has 5 rings (SSSR count). The van der Waals surface area contributed by atoms with Crippen LogP contribution in [0.2, 0.25) is 0 Å². The molecule has 2 aromatic heterocycles. The second kappa shape index (κ2) is 6.44. The van der Waals surface area contributed by atoms with Gasteiger partial charge in [-0.25, -0.2) is 9.67 Å². The highest BCUT2D eigenvalue weighted by atomic mass is 16.7. The maximum atomic E-state index is 11.2. The van der Waals surface area contributed by atoms with Crippen LogP contribution in [-0.4, -0.2) is 43.2 Å². The lowest BCUT2D eigenvalue weighted by Gasteiger charge is -2.38. The second-order valence-corrected chi connectivity index (χ2v) is 8.32. The van der Waals surface area contributed by atoms with Gasteiger partial charge in [0.2, 0.25) is 0 Å². The highest BCUT2D eigenvalue weighted by molar-refractivity contribution is 6.10. The quantitative estimate of drug-likeness (QED) is 0.798. The SMILES string of the molecule is CCn1ncc2c(NC3CC(C(=O)O)C3)c(C3=NOC4(C3)CC(C#N)C4)cnc21. The van der Waals surface area contributed by atoms with Crippen LogP contribution in [0.5, 0.6) is 0 Å². The summed E-state index contributed by atoms with van der Waals surface area (Å²) in [6.07, 6.45) is 6.84. The maximum Gasteiger partial charge on any atom is 0.306 e. The number of carbonyl (C=O) groups is 1. The summed E-state index contributed by atoms with van der Waals surface area (Å²) in [7, 11) is 0. The number of pyridine rings is 1. The van der Waals surface area contributed by atoms with Crippen molar-refractivity contribution in [1.82, 2.24) is 14.8 Å². The van der Waals surface area contributed by atoms with E-state index in [9.17, 15) is 9.90 Å². The van der Waals surface area contributed by atoms with Crippen molar-refractivity contribution in [3.63, 3.8) is 0 Å². The molecule has 9 heteroatoms. The summed E-state index contributed by atoms with van der Waals surface area (Å²) < 4.78 is 1.84. The summed E-state index contributed by atoms with van der Waals surface area (Å²) in [5, 5.41) is 31.5. The Bertz CT molecular complexity index is 1060. The van der Waals surface area contributed by atoms with Gasteiger partial charge in [-0.05, 0) is 19.8 Å². The monoisotopic (exact) mass is 394 g/mol. The molecule has 2 aromatic rings. The molecule has 150 valence electrons. The molecule has 29 heavy (non-hydrogen) atoms. The molecule has 1 aliphatic heterocycles. The Hall–Kier alpha value is -3.15. The first-order valence-electron chi connectivity index (χ1n) is 10.0. The van der Waals surface area contributed by atoms with Crippen LogP contribution in [0.25, 0.3) is 11.0 Å². The number of nitrogens with one attached hydrogen (secondary N) is 1. The fourth-order valence-electron chi connectivity index (χ4n) is 4.59. The first-order chi connectivity index (χ1) is 14.0. The van der Waals surface area contributed by atoms with Gasteiger partial charge in [0.25, 0.3) is 0 Å². The Balaban J connectivity index is 1.46. The largest absolute Gasteiger partial charge is 0.481 e. The Morgan fingerprint density at radius 2 is 2.24 bits per heavy atom. The van der Waals surface area contributed by atoms with E-state index in [1.165, 1.54) is 0 Å². The minimum Gasteiger partial charge on any atom is -0.481 e. The number of aromatic nitrogens is 3. The first-order valence-corrected chi connectivity index (χ1v) is 10.0. The van der Waals surface area contributed by atoms with Gasteiger partial charge in [0.15, 0.2) is 5.65 Å². The van der Waals surface area contributed by atoms with E-state index in [2.05, 4.69) is 26.6 Å². The van der Waals surface area contributed by atoms with Crippen molar-refractivity contribution >= 4 is 28.4 Å². The number of rotatable bonds is 5. The van der Waals surface area contributed by atoms with E-state index in [1.54, 1.807) is 12.4 Å². The van der Waals surface area contributed by atoms with Crippen molar-refractivity contribution in [2.45, 2.75) is 57.2 Å². The highest BCUT2D eigenvalue weighted by Crippen LogP contribution is 2.47. The van der Waals surface area contributed by atoms with E-state index in [-0.39, 0.29) is 23.5 Å². The number of nitriles is 1. The number of anilines is 1. The van der Waals surface area contributed by atoms with Gasteiger partial charge < -0.3 is 15.3 Å². The van der Waals surface area contributed by atoms with Gasteiger partial charge in [-0.1, -0.05) is 5.16 Å². The number of aliphatic carboxylic acids is 1. The molecule has 1 spiro atoms. The van der Waals surface area contributed by atoms with Crippen molar-refractivity contribution in [1.29, 1.82) is 5.26 Å². The van der Waals surface area contributed by atoms with Gasteiger partial charge in [0.05, 0.1) is 40.9 Å². The maximum absolute atomic E-state index is 11.2. The molecule has 3 aliphatic rings. The van der Waals surface area contributed by atoms with E-state index in [0.717, 1.165) is 28.0 Å². The molecule has 2 saturated carbocycles. The third-order valence-corrected chi connectivity index (χ3v) is 6.37. The van der Waals surface area contributed by atoms with Crippen LogP contribution in [0, 0.1) is 23.2 Å². The van der Waals surface area contributed by atoms with Gasteiger partial charge in [0, 0.05) is 43.6 Å². The molecule has 3 heterocycles. The average Bonchev–Trinajstić information content (AvgIpc) is 3.26. The molecule has 2 aliphatic carbocycles. The summed E-state index contributed by atoms with van der Waals surface area (Å²) in [4.78, 5) is 21.5. The molecule has 0 saturated heterocycles. The smallest absolute Gasteiger partial charge is 0.306 e. The normalized spacial score (nSPS) is 30.2. The van der Waals surface area contributed by atoms with Gasteiger partial charge in [-0.2, -0.15) is 10.4 Å². The van der Waals surface area contributed by atoms with Crippen LogP contribution in [0.3, 0.4) is 0 Å². The molecule has 0 atom stereocenters. The second-order valence-electron chi connectivity index (χ2n) is 8.32. The summed E-state index contributed by atoms with van der Waals surface area (Å²) in [5.41, 5.74) is 3.00. The number of aryl methyl sites for hydroxylation is 1. The number of carboxylic acid groups (broad SMARTS) is 1. The lowest BCUT2D eigenvalue weighted by Crippen LogP contribution is -2.43. The van der Waals surface area contributed by atoms with E-state index < -0.39 is 5.97 Å². The van der Waals surface area contributed by atoms with E-state index in [1.807, 2.05) is 11.6 Å².